The Morgan fingerprint density at radius 2 is 2.24 bits per heavy atom. The Kier molecular flexibility index (Phi) is 4.35. The molecule has 1 N–H and O–H groups in total. The van der Waals surface area contributed by atoms with Crippen LogP contribution < -0.4 is 5.32 Å². The van der Waals surface area contributed by atoms with E-state index in [-0.39, 0.29) is 17.7 Å². The molecule has 1 aliphatic carbocycles. The molecule has 1 amide bonds. The third-order valence-electron chi connectivity index (χ3n) is 4.76. The first-order valence-electron chi connectivity index (χ1n) is 8.60. The van der Waals surface area contributed by atoms with Gasteiger partial charge in [0.15, 0.2) is 12.2 Å². The number of aromatic nitrogens is 3. The number of hydrogen-bond acceptors (Lipinski definition) is 7. The number of carbonyl (C=O) groups is 1. The van der Waals surface area contributed by atoms with E-state index in [1.165, 1.54) is 25.7 Å². The van der Waals surface area contributed by atoms with Crippen molar-refractivity contribution in [1.82, 2.24) is 19.9 Å². The van der Waals surface area contributed by atoms with E-state index < -0.39 is 0 Å². The maximum atomic E-state index is 12.8. The summed E-state index contributed by atoms with van der Waals surface area (Å²) in [7, 11) is 0. The first-order valence-corrected chi connectivity index (χ1v) is 8.60. The first-order chi connectivity index (χ1) is 12.2. The molecule has 0 radical (unpaired) electrons. The van der Waals surface area contributed by atoms with Crippen LogP contribution in [0.4, 0.5) is 5.82 Å². The second-order valence-electron chi connectivity index (χ2n) is 6.43. The lowest BCUT2D eigenvalue weighted by Crippen LogP contribution is -2.44. The van der Waals surface area contributed by atoms with Gasteiger partial charge in [-0.3, -0.25) is 4.79 Å². The molecular weight excluding hydrogens is 322 g/mol. The fourth-order valence-electron chi connectivity index (χ4n) is 3.07. The van der Waals surface area contributed by atoms with Crippen molar-refractivity contribution in [3.8, 4) is 0 Å². The number of rotatable bonds is 4. The van der Waals surface area contributed by atoms with Gasteiger partial charge in [0.1, 0.15) is 11.9 Å². The van der Waals surface area contributed by atoms with Crippen LogP contribution >= 0.6 is 0 Å². The molecule has 0 aromatic carbocycles. The molecule has 0 spiro atoms. The van der Waals surface area contributed by atoms with Crippen molar-refractivity contribution < 1.29 is 13.9 Å². The fraction of sp³-hybridized carbons (Fsp3) is 0.529. The summed E-state index contributed by atoms with van der Waals surface area (Å²) in [5.41, 5.74) is 0.580. The van der Waals surface area contributed by atoms with Crippen LogP contribution in [0.3, 0.4) is 0 Å². The van der Waals surface area contributed by atoms with Gasteiger partial charge in [0.05, 0.1) is 18.9 Å². The van der Waals surface area contributed by atoms with Gasteiger partial charge >= 0.3 is 0 Å². The summed E-state index contributed by atoms with van der Waals surface area (Å²) in [5.74, 6) is 1.43. The summed E-state index contributed by atoms with van der Waals surface area (Å²) >= 11 is 0. The van der Waals surface area contributed by atoms with Crippen molar-refractivity contribution in [2.75, 3.05) is 25.1 Å². The predicted molar refractivity (Wildman–Crippen MR) is 89.1 cm³/mol. The summed E-state index contributed by atoms with van der Waals surface area (Å²) in [6.45, 7) is 3.07. The molecule has 8 nitrogen and oxygen atoms in total. The van der Waals surface area contributed by atoms with Crippen LogP contribution in [0.1, 0.15) is 47.4 Å². The lowest BCUT2D eigenvalue weighted by atomic mass is 9.93. The highest BCUT2D eigenvalue weighted by Gasteiger charge is 2.33. The molecule has 2 aromatic rings. The Morgan fingerprint density at radius 1 is 1.36 bits per heavy atom. The molecule has 0 unspecified atom stereocenters. The highest BCUT2D eigenvalue weighted by molar-refractivity contribution is 5.92. The maximum absolute atomic E-state index is 12.8. The van der Waals surface area contributed by atoms with Gasteiger partial charge in [-0.25, -0.2) is 15.0 Å². The van der Waals surface area contributed by atoms with Crippen LogP contribution in [0.5, 0.6) is 0 Å². The minimum Gasteiger partial charge on any atom is -0.438 e. The zero-order valence-electron chi connectivity index (χ0n) is 14.1. The van der Waals surface area contributed by atoms with E-state index in [1.807, 2.05) is 6.07 Å². The Bertz CT molecular complexity index is 758. The molecule has 1 saturated carbocycles. The minimum atomic E-state index is -0.339. The minimum absolute atomic E-state index is 0.204. The number of carbonyl (C=O) groups excluding carboxylic acids is 1. The number of nitrogens with one attached hydrogen (secondary N) is 1. The van der Waals surface area contributed by atoms with Crippen LogP contribution in [-0.4, -0.2) is 51.6 Å². The Morgan fingerprint density at radius 3 is 2.96 bits per heavy atom. The first kappa shape index (κ1) is 16.0. The van der Waals surface area contributed by atoms with Crippen molar-refractivity contribution in [1.29, 1.82) is 0 Å². The number of amides is 1. The van der Waals surface area contributed by atoms with E-state index in [1.54, 1.807) is 18.0 Å². The molecule has 0 bridgehead atoms. The van der Waals surface area contributed by atoms with Gasteiger partial charge in [0, 0.05) is 18.8 Å². The Labute approximate surface area is 145 Å². The molecule has 132 valence electrons. The molecule has 1 saturated heterocycles. The molecule has 1 aliphatic heterocycles. The van der Waals surface area contributed by atoms with Crippen molar-refractivity contribution in [2.24, 2.45) is 0 Å². The van der Waals surface area contributed by atoms with E-state index in [9.17, 15) is 4.79 Å². The summed E-state index contributed by atoms with van der Waals surface area (Å²) in [4.78, 5) is 27.6. The summed E-state index contributed by atoms with van der Waals surface area (Å²) in [6, 6.07) is 2.01. The lowest BCUT2D eigenvalue weighted by molar-refractivity contribution is -0.00677. The average Bonchev–Trinajstić information content (AvgIpc) is 3.04. The van der Waals surface area contributed by atoms with Crippen LogP contribution in [0, 0.1) is 6.92 Å². The molecule has 8 heteroatoms. The van der Waals surface area contributed by atoms with E-state index in [0.29, 0.717) is 37.3 Å². The van der Waals surface area contributed by atoms with Crippen molar-refractivity contribution in [2.45, 2.75) is 38.3 Å². The third kappa shape index (κ3) is 3.21. The van der Waals surface area contributed by atoms with Crippen LogP contribution in [0.2, 0.25) is 0 Å². The SMILES string of the molecule is Cc1ncoc1C(=O)N1CCOC[C@H]1c1nccc(NC2CCC2)n1. The number of nitrogens with zero attached hydrogens (tertiary/aromatic N) is 4. The van der Waals surface area contributed by atoms with Gasteiger partial charge in [-0.05, 0) is 32.3 Å². The van der Waals surface area contributed by atoms with Crippen molar-refractivity contribution >= 4 is 11.7 Å². The van der Waals surface area contributed by atoms with Crippen LogP contribution in [0.15, 0.2) is 23.1 Å². The molecule has 2 aromatic heterocycles. The Hall–Kier alpha value is -2.48. The number of anilines is 1. The zero-order chi connectivity index (χ0) is 17.2. The number of ether oxygens (including phenoxy) is 1. The van der Waals surface area contributed by atoms with Gasteiger partial charge in [-0.15, -0.1) is 0 Å². The lowest BCUT2D eigenvalue weighted by Gasteiger charge is -2.34. The average molecular weight is 343 g/mol. The smallest absolute Gasteiger partial charge is 0.292 e. The summed E-state index contributed by atoms with van der Waals surface area (Å²) in [6.07, 6.45) is 6.60. The molecule has 3 heterocycles. The molecule has 25 heavy (non-hydrogen) atoms. The summed E-state index contributed by atoms with van der Waals surface area (Å²) < 4.78 is 10.8. The van der Waals surface area contributed by atoms with E-state index in [4.69, 9.17) is 9.15 Å². The predicted octanol–water partition coefficient (Wildman–Crippen LogP) is 1.95. The largest absolute Gasteiger partial charge is 0.438 e. The molecule has 2 fully saturated rings. The second-order valence-corrected chi connectivity index (χ2v) is 6.43. The van der Waals surface area contributed by atoms with Crippen molar-refractivity contribution in [3.05, 3.63) is 35.9 Å². The summed E-state index contributed by atoms with van der Waals surface area (Å²) in [5, 5.41) is 3.41. The van der Waals surface area contributed by atoms with Gasteiger partial charge in [0.25, 0.3) is 5.91 Å². The number of aryl methyl sites for hydroxylation is 1. The molecule has 2 aliphatic rings. The highest BCUT2D eigenvalue weighted by Crippen LogP contribution is 2.26. The zero-order valence-corrected chi connectivity index (χ0v) is 14.1. The number of morpholine rings is 1. The maximum Gasteiger partial charge on any atom is 0.292 e. The normalized spacial score (nSPS) is 21.0. The molecule has 4 rings (SSSR count). The topological polar surface area (TPSA) is 93.4 Å². The van der Waals surface area contributed by atoms with E-state index >= 15 is 0 Å². The molecule has 1 atom stereocenters. The highest BCUT2D eigenvalue weighted by atomic mass is 16.5. The number of hydrogen-bond donors (Lipinski definition) is 1. The quantitative estimate of drug-likeness (QED) is 0.907. The standard InChI is InChI=1S/C17H21N5O3/c1-11-15(25-10-19-11)17(23)22-7-8-24-9-13(22)16-18-6-5-14(21-16)20-12-3-2-4-12/h5-6,10,12-13H,2-4,7-9H2,1H3,(H,18,20,21)/t13-/m0/s1. The fourth-order valence-corrected chi connectivity index (χ4v) is 3.07. The Balaban J connectivity index is 1.57. The number of oxazole rings is 1. The monoisotopic (exact) mass is 343 g/mol. The van der Waals surface area contributed by atoms with Gasteiger partial charge in [0.2, 0.25) is 5.76 Å². The second kappa shape index (κ2) is 6.79. The van der Waals surface area contributed by atoms with Crippen molar-refractivity contribution in [3.63, 3.8) is 0 Å². The third-order valence-corrected chi connectivity index (χ3v) is 4.76. The molecular formula is C17H21N5O3. The van der Waals surface area contributed by atoms with Crippen LogP contribution in [0.25, 0.3) is 0 Å². The van der Waals surface area contributed by atoms with Gasteiger partial charge in [-0.2, -0.15) is 0 Å². The van der Waals surface area contributed by atoms with Gasteiger partial charge in [-0.1, -0.05) is 0 Å². The van der Waals surface area contributed by atoms with E-state index in [0.717, 1.165) is 5.82 Å². The van der Waals surface area contributed by atoms with Gasteiger partial charge < -0.3 is 19.4 Å². The van der Waals surface area contributed by atoms with Crippen LogP contribution in [-0.2, 0) is 4.74 Å². The van der Waals surface area contributed by atoms with E-state index in [2.05, 4.69) is 20.3 Å².